The first kappa shape index (κ1) is 15.9. The third-order valence-electron chi connectivity index (χ3n) is 1.95. The van der Waals surface area contributed by atoms with E-state index in [1.165, 1.54) is 0 Å². The SMILES string of the molecule is C#CCCCCNS(=O)(=O)CCC(=O)OCC. The number of rotatable bonds is 9. The van der Waals surface area contributed by atoms with Crippen LogP contribution in [0.1, 0.15) is 32.6 Å². The Bertz CT molecular complexity index is 356. The van der Waals surface area contributed by atoms with Crippen LogP contribution in [0.2, 0.25) is 0 Å². The lowest BCUT2D eigenvalue weighted by Crippen LogP contribution is -2.28. The number of terminal acetylenes is 1. The third-order valence-corrected chi connectivity index (χ3v) is 3.34. The second-order valence-corrected chi connectivity index (χ2v) is 5.36. The molecule has 0 saturated heterocycles. The highest BCUT2D eigenvalue weighted by molar-refractivity contribution is 7.89. The minimum atomic E-state index is -3.38. The van der Waals surface area contributed by atoms with E-state index in [2.05, 4.69) is 15.4 Å². The summed E-state index contributed by atoms with van der Waals surface area (Å²) in [5.74, 6) is 1.75. The van der Waals surface area contributed by atoms with Crippen LogP contribution in [0.5, 0.6) is 0 Å². The fourth-order valence-corrected chi connectivity index (χ4v) is 2.14. The maximum Gasteiger partial charge on any atom is 0.306 e. The smallest absolute Gasteiger partial charge is 0.306 e. The van der Waals surface area contributed by atoms with E-state index in [1.807, 2.05) is 0 Å². The van der Waals surface area contributed by atoms with Crippen LogP contribution < -0.4 is 4.72 Å². The molecule has 17 heavy (non-hydrogen) atoms. The number of hydrogen-bond acceptors (Lipinski definition) is 4. The molecular formula is C11H19NO4S. The van der Waals surface area contributed by atoms with Crippen molar-refractivity contribution in [2.75, 3.05) is 18.9 Å². The predicted octanol–water partition coefficient (Wildman–Crippen LogP) is 0.662. The van der Waals surface area contributed by atoms with Crippen molar-refractivity contribution < 1.29 is 17.9 Å². The van der Waals surface area contributed by atoms with E-state index >= 15 is 0 Å². The molecule has 0 fully saturated rings. The van der Waals surface area contributed by atoms with Crippen LogP contribution in [-0.2, 0) is 19.6 Å². The molecule has 0 saturated carbocycles. The van der Waals surface area contributed by atoms with Gasteiger partial charge in [-0.05, 0) is 19.8 Å². The molecular weight excluding hydrogens is 242 g/mol. The van der Waals surface area contributed by atoms with Gasteiger partial charge in [0.05, 0.1) is 18.8 Å². The predicted molar refractivity (Wildman–Crippen MR) is 65.7 cm³/mol. The van der Waals surface area contributed by atoms with Gasteiger partial charge in [-0.3, -0.25) is 4.79 Å². The highest BCUT2D eigenvalue weighted by Crippen LogP contribution is 1.96. The zero-order valence-corrected chi connectivity index (χ0v) is 10.9. The molecule has 98 valence electrons. The molecule has 0 rings (SSSR count). The summed E-state index contributed by atoms with van der Waals surface area (Å²) < 4.78 is 29.9. The lowest BCUT2D eigenvalue weighted by atomic mass is 10.2. The minimum Gasteiger partial charge on any atom is -0.466 e. The van der Waals surface area contributed by atoms with Gasteiger partial charge in [0.2, 0.25) is 10.0 Å². The maximum atomic E-state index is 11.4. The van der Waals surface area contributed by atoms with Crippen molar-refractivity contribution in [2.24, 2.45) is 0 Å². The van der Waals surface area contributed by atoms with Crippen LogP contribution in [0.15, 0.2) is 0 Å². The number of carbonyl (C=O) groups excluding carboxylic acids is 1. The highest BCUT2D eigenvalue weighted by Gasteiger charge is 2.12. The number of nitrogens with one attached hydrogen (secondary N) is 1. The van der Waals surface area contributed by atoms with Gasteiger partial charge in [0, 0.05) is 13.0 Å². The van der Waals surface area contributed by atoms with Crippen molar-refractivity contribution in [1.29, 1.82) is 0 Å². The molecule has 0 aromatic rings. The van der Waals surface area contributed by atoms with Gasteiger partial charge in [-0.25, -0.2) is 13.1 Å². The maximum absolute atomic E-state index is 11.4. The first-order chi connectivity index (χ1) is 8.02. The molecule has 0 amide bonds. The van der Waals surface area contributed by atoms with Crippen LogP contribution in [0.4, 0.5) is 0 Å². The molecule has 1 N–H and O–H groups in total. The second kappa shape index (κ2) is 9.02. The molecule has 0 spiro atoms. The summed E-state index contributed by atoms with van der Waals surface area (Å²) in [5, 5.41) is 0. The van der Waals surface area contributed by atoms with Gasteiger partial charge in [0.1, 0.15) is 0 Å². The molecule has 0 bridgehead atoms. The summed E-state index contributed by atoms with van der Waals surface area (Å²) in [6.45, 7) is 2.29. The summed E-state index contributed by atoms with van der Waals surface area (Å²) in [7, 11) is -3.38. The Balaban J connectivity index is 3.74. The van der Waals surface area contributed by atoms with Gasteiger partial charge in [0.15, 0.2) is 0 Å². The molecule has 6 heteroatoms. The van der Waals surface area contributed by atoms with Crippen LogP contribution in [-0.4, -0.2) is 33.3 Å². The Morgan fingerprint density at radius 2 is 2.12 bits per heavy atom. The molecule has 0 aromatic heterocycles. The fraction of sp³-hybridized carbons (Fsp3) is 0.727. The van der Waals surface area contributed by atoms with Crippen LogP contribution in [0.3, 0.4) is 0 Å². The largest absolute Gasteiger partial charge is 0.466 e. The summed E-state index contributed by atoms with van der Waals surface area (Å²) in [4.78, 5) is 11.0. The van der Waals surface area contributed by atoms with Crippen molar-refractivity contribution in [3.63, 3.8) is 0 Å². The monoisotopic (exact) mass is 261 g/mol. The number of sulfonamides is 1. The molecule has 0 unspecified atom stereocenters. The zero-order chi connectivity index (χ0) is 13.1. The molecule has 0 aliphatic rings. The van der Waals surface area contributed by atoms with Gasteiger partial charge in [-0.1, -0.05) is 0 Å². The van der Waals surface area contributed by atoms with E-state index in [-0.39, 0.29) is 18.8 Å². The Hall–Kier alpha value is -1.06. The van der Waals surface area contributed by atoms with E-state index in [4.69, 9.17) is 6.42 Å². The minimum absolute atomic E-state index is 0.118. The number of carbonyl (C=O) groups is 1. The van der Waals surface area contributed by atoms with E-state index < -0.39 is 16.0 Å². The normalized spacial score (nSPS) is 10.8. The van der Waals surface area contributed by atoms with E-state index in [9.17, 15) is 13.2 Å². The molecule has 0 heterocycles. The first-order valence-corrected chi connectivity index (χ1v) is 7.23. The fourth-order valence-electron chi connectivity index (χ4n) is 1.10. The molecule has 0 atom stereocenters. The molecule has 0 aliphatic heterocycles. The lowest BCUT2D eigenvalue weighted by Gasteiger charge is -2.05. The lowest BCUT2D eigenvalue weighted by molar-refractivity contribution is -0.142. The van der Waals surface area contributed by atoms with Gasteiger partial charge in [-0.2, -0.15) is 0 Å². The van der Waals surface area contributed by atoms with Gasteiger partial charge >= 0.3 is 5.97 Å². The number of hydrogen-bond donors (Lipinski definition) is 1. The van der Waals surface area contributed by atoms with Gasteiger partial charge in [-0.15, -0.1) is 12.3 Å². The number of unbranched alkanes of at least 4 members (excludes halogenated alkanes) is 2. The Labute approximate surface area is 103 Å². The van der Waals surface area contributed by atoms with Crippen molar-refractivity contribution in [1.82, 2.24) is 4.72 Å². The summed E-state index contributed by atoms with van der Waals surface area (Å²) >= 11 is 0. The highest BCUT2D eigenvalue weighted by atomic mass is 32.2. The van der Waals surface area contributed by atoms with Crippen LogP contribution in [0, 0.1) is 12.3 Å². The molecule has 0 radical (unpaired) electrons. The quantitative estimate of drug-likeness (QED) is 0.376. The Morgan fingerprint density at radius 1 is 1.41 bits per heavy atom. The number of esters is 1. The van der Waals surface area contributed by atoms with E-state index in [1.54, 1.807) is 6.92 Å². The molecule has 5 nitrogen and oxygen atoms in total. The Morgan fingerprint density at radius 3 is 2.71 bits per heavy atom. The number of ether oxygens (including phenoxy) is 1. The third kappa shape index (κ3) is 9.85. The zero-order valence-electron chi connectivity index (χ0n) is 10.1. The van der Waals surface area contributed by atoms with Crippen LogP contribution in [0.25, 0.3) is 0 Å². The summed E-state index contributed by atoms with van der Waals surface area (Å²) in [5.41, 5.74) is 0. The van der Waals surface area contributed by atoms with Crippen LogP contribution >= 0.6 is 0 Å². The van der Waals surface area contributed by atoms with E-state index in [0.717, 1.165) is 6.42 Å². The van der Waals surface area contributed by atoms with Crippen molar-refractivity contribution in [3.05, 3.63) is 0 Å². The molecule has 0 aliphatic carbocycles. The summed E-state index contributed by atoms with van der Waals surface area (Å²) in [6, 6.07) is 0. The Kier molecular flexibility index (Phi) is 8.46. The van der Waals surface area contributed by atoms with Crippen molar-refractivity contribution >= 4 is 16.0 Å². The van der Waals surface area contributed by atoms with Crippen molar-refractivity contribution in [2.45, 2.75) is 32.6 Å². The summed E-state index contributed by atoms with van der Waals surface area (Å²) in [6.07, 6.45) is 7.08. The topological polar surface area (TPSA) is 72.5 Å². The second-order valence-electron chi connectivity index (χ2n) is 3.43. The molecule has 0 aromatic carbocycles. The standard InChI is InChI=1S/C11H19NO4S/c1-3-5-6-7-9-12-17(14,15)10-8-11(13)16-4-2/h1,12H,4-10H2,2H3. The average molecular weight is 261 g/mol. The van der Waals surface area contributed by atoms with E-state index in [0.29, 0.717) is 19.4 Å². The first-order valence-electron chi connectivity index (χ1n) is 5.58. The van der Waals surface area contributed by atoms with Crippen molar-refractivity contribution in [3.8, 4) is 12.3 Å². The average Bonchev–Trinajstić information content (AvgIpc) is 2.27. The van der Waals surface area contributed by atoms with Gasteiger partial charge < -0.3 is 4.74 Å². The van der Waals surface area contributed by atoms with Gasteiger partial charge in [0.25, 0.3) is 0 Å².